The summed E-state index contributed by atoms with van der Waals surface area (Å²) in [6.07, 6.45) is 3.05. The van der Waals surface area contributed by atoms with E-state index in [1.165, 1.54) is 46.1 Å². The van der Waals surface area contributed by atoms with Crippen molar-refractivity contribution in [2.24, 2.45) is 0 Å². The lowest BCUT2D eigenvalue weighted by Crippen LogP contribution is -2.30. The molecular formula is C24H18N4O5S2. The molecule has 1 aliphatic rings. The number of nitrogens with zero attached hydrogens (tertiary/aromatic N) is 3. The number of anilines is 2. The van der Waals surface area contributed by atoms with Crippen LogP contribution in [0.15, 0.2) is 83.5 Å². The molecule has 0 saturated carbocycles. The zero-order chi connectivity index (χ0) is 24.6. The van der Waals surface area contributed by atoms with Crippen molar-refractivity contribution >= 4 is 44.7 Å². The molecule has 3 heterocycles. The molecule has 35 heavy (non-hydrogen) atoms. The molecular weight excluding hydrogens is 488 g/mol. The fourth-order valence-electron chi connectivity index (χ4n) is 4.00. The van der Waals surface area contributed by atoms with Gasteiger partial charge in [-0.2, -0.15) is 0 Å². The lowest BCUT2D eigenvalue weighted by molar-refractivity contribution is 0.0692. The molecule has 0 spiro atoms. The Balaban J connectivity index is 1.53. The van der Waals surface area contributed by atoms with Gasteiger partial charge in [-0.05, 0) is 30.3 Å². The normalized spacial score (nSPS) is 15.0. The van der Waals surface area contributed by atoms with Gasteiger partial charge in [-0.3, -0.25) is 9.78 Å². The molecule has 11 heteroatoms. The predicted octanol–water partition coefficient (Wildman–Crippen LogP) is 3.83. The van der Waals surface area contributed by atoms with Gasteiger partial charge in [0.05, 0.1) is 33.4 Å². The van der Waals surface area contributed by atoms with Crippen LogP contribution in [0, 0.1) is 0 Å². The number of benzene rings is 2. The molecule has 0 fully saturated rings. The van der Waals surface area contributed by atoms with E-state index in [1.807, 2.05) is 0 Å². The van der Waals surface area contributed by atoms with E-state index in [0.29, 0.717) is 11.3 Å². The summed E-state index contributed by atoms with van der Waals surface area (Å²) >= 11 is 1.40. The second-order valence-electron chi connectivity index (χ2n) is 7.75. The van der Waals surface area contributed by atoms with Gasteiger partial charge in [0.25, 0.3) is 15.9 Å². The number of carbonyl (C=O) groups excluding carboxylic acids is 1. The molecule has 1 unspecified atom stereocenters. The highest BCUT2D eigenvalue weighted by Crippen LogP contribution is 2.43. The number of carboxylic acid groups (broad SMARTS) is 1. The number of fused-ring (bicyclic) bond motifs is 1. The number of hydrogen-bond donors (Lipinski definition) is 2. The Morgan fingerprint density at radius 2 is 1.74 bits per heavy atom. The molecule has 2 aromatic heterocycles. The molecule has 1 amide bonds. The lowest BCUT2D eigenvalue weighted by Gasteiger charge is -2.19. The molecule has 4 aromatic rings. The molecule has 2 aromatic carbocycles. The minimum atomic E-state index is -3.87. The average molecular weight is 507 g/mol. The van der Waals surface area contributed by atoms with Crippen molar-refractivity contribution in [1.82, 2.24) is 9.97 Å². The lowest BCUT2D eigenvalue weighted by atomic mass is 10.0. The average Bonchev–Trinajstić information content (AvgIpc) is 3.52. The Morgan fingerprint density at radius 3 is 2.43 bits per heavy atom. The van der Waals surface area contributed by atoms with Gasteiger partial charge >= 0.3 is 5.97 Å². The molecule has 0 bridgehead atoms. The van der Waals surface area contributed by atoms with E-state index in [1.54, 1.807) is 48.1 Å². The molecule has 176 valence electrons. The molecule has 9 nitrogen and oxygen atoms in total. The monoisotopic (exact) mass is 506 g/mol. The Kier molecular flexibility index (Phi) is 5.79. The molecule has 2 N–H and O–H groups in total. The van der Waals surface area contributed by atoms with Crippen LogP contribution < -0.4 is 9.62 Å². The van der Waals surface area contributed by atoms with E-state index in [9.17, 15) is 23.1 Å². The molecule has 1 aliphatic heterocycles. The van der Waals surface area contributed by atoms with Crippen molar-refractivity contribution in [2.75, 3.05) is 16.2 Å². The first kappa shape index (κ1) is 22.7. The predicted molar refractivity (Wildman–Crippen MR) is 131 cm³/mol. The third-order valence-corrected chi connectivity index (χ3v) is 8.30. The van der Waals surface area contributed by atoms with E-state index in [2.05, 4.69) is 15.3 Å². The maximum absolute atomic E-state index is 13.4. The van der Waals surface area contributed by atoms with Gasteiger partial charge < -0.3 is 10.4 Å². The minimum absolute atomic E-state index is 0.00721. The number of hydrogen-bond acceptors (Lipinski definition) is 7. The van der Waals surface area contributed by atoms with Crippen molar-refractivity contribution in [2.45, 2.75) is 10.8 Å². The van der Waals surface area contributed by atoms with Crippen molar-refractivity contribution < 1.29 is 23.1 Å². The summed E-state index contributed by atoms with van der Waals surface area (Å²) in [5.74, 6) is -1.87. The number of nitrogens with one attached hydrogen (secondary N) is 1. The zero-order valence-electron chi connectivity index (χ0n) is 18.0. The fraction of sp³-hybridized carbons (Fsp3) is 0.0833. The van der Waals surface area contributed by atoms with Gasteiger partial charge in [-0.15, -0.1) is 11.3 Å². The van der Waals surface area contributed by atoms with Crippen LogP contribution in [-0.4, -0.2) is 41.9 Å². The highest BCUT2D eigenvalue weighted by atomic mass is 32.2. The van der Waals surface area contributed by atoms with Crippen molar-refractivity contribution in [3.63, 3.8) is 0 Å². The van der Waals surface area contributed by atoms with Crippen LogP contribution >= 0.6 is 11.3 Å². The van der Waals surface area contributed by atoms with Crippen LogP contribution in [0.4, 0.5) is 11.5 Å². The van der Waals surface area contributed by atoms with Gasteiger partial charge in [0, 0.05) is 29.1 Å². The number of aromatic nitrogens is 2. The standard InChI is InChI=1S/C24H18N4O5S2/c29-23(17-8-4-5-9-18(17)24(30)31)27-15-10-19-20(21-12-25-14-34-21)13-28(22(19)26-11-15)35(32,33)16-6-2-1-3-7-16/h1-12,14,20H,13H2,(H,27,29)(H,30,31). The summed E-state index contributed by atoms with van der Waals surface area (Å²) in [5.41, 5.74) is 2.50. The third-order valence-electron chi connectivity index (χ3n) is 5.64. The molecule has 1 atom stereocenters. The summed E-state index contributed by atoms with van der Waals surface area (Å²) in [6, 6.07) is 15.7. The number of carboxylic acids is 1. The highest BCUT2D eigenvalue weighted by molar-refractivity contribution is 7.92. The van der Waals surface area contributed by atoms with Gasteiger partial charge in [0.15, 0.2) is 0 Å². The molecule has 5 rings (SSSR count). The Labute approximate surface area is 204 Å². The quantitative estimate of drug-likeness (QED) is 0.406. The van der Waals surface area contributed by atoms with Crippen LogP contribution in [-0.2, 0) is 10.0 Å². The first-order valence-electron chi connectivity index (χ1n) is 10.5. The zero-order valence-corrected chi connectivity index (χ0v) is 19.7. The summed E-state index contributed by atoms with van der Waals surface area (Å²) < 4.78 is 28.1. The van der Waals surface area contributed by atoms with Crippen LogP contribution in [0.1, 0.15) is 37.1 Å². The van der Waals surface area contributed by atoms with Crippen molar-refractivity contribution in [3.05, 3.63) is 100 Å². The maximum Gasteiger partial charge on any atom is 0.336 e. The van der Waals surface area contributed by atoms with E-state index in [0.717, 1.165) is 4.88 Å². The van der Waals surface area contributed by atoms with Crippen LogP contribution in [0.2, 0.25) is 0 Å². The van der Waals surface area contributed by atoms with Gasteiger partial charge in [-0.1, -0.05) is 30.3 Å². The summed E-state index contributed by atoms with van der Waals surface area (Å²) in [6.45, 7) is 0.140. The largest absolute Gasteiger partial charge is 0.478 e. The van der Waals surface area contributed by atoms with E-state index in [-0.39, 0.29) is 34.3 Å². The van der Waals surface area contributed by atoms with Crippen LogP contribution in [0.3, 0.4) is 0 Å². The number of pyridine rings is 1. The Hall–Kier alpha value is -4.09. The third kappa shape index (κ3) is 4.15. The van der Waals surface area contributed by atoms with E-state index < -0.39 is 21.9 Å². The summed E-state index contributed by atoms with van der Waals surface area (Å²) in [4.78, 5) is 33.9. The smallest absolute Gasteiger partial charge is 0.336 e. The topological polar surface area (TPSA) is 130 Å². The second kappa shape index (κ2) is 8.93. The van der Waals surface area contributed by atoms with Crippen LogP contribution in [0.5, 0.6) is 0 Å². The fourth-order valence-corrected chi connectivity index (χ4v) is 6.21. The van der Waals surface area contributed by atoms with E-state index >= 15 is 0 Å². The minimum Gasteiger partial charge on any atom is -0.478 e. The Bertz CT molecular complexity index is 1520. The summed E-state index contributed by atoms with van der Waals surface area (Å²) in [5, 5.41) is 12.1. The number of rotatable bonds is 6. The molecule has 0 saturated heterocycles. The SMILES string of the molecule is O=C(O)c1ccccc1C(=O)Nc1cnc2c(c1)C(c1cncs1)CN2S(=O)(=O)c1ccccc1. The number of carbonyl (C=O) groups is 2. The Morgan fingerprint density at radius 1 is 1.03 bits per heavy atom. The van der Waals surface area contributed by atoms with E-state index in [4.69, 9.17) is 0 Å². The highest BCUT2D eigenvalue weighted by Gasteiger charge is 2.39. The number of sulfonamides is 1. The first-order valence-corrected chi connectivity index (χ1v) is 12.8. The number of thiazole rings is 1. The van der Waals surface area contributed by atoms with Gasteiger partial charge in [0.1, 0.15) is 5.82 Å². The van der Waals surface area contributed by atoms with Gasteiger partial charge in [-0.25, -0.2) is 22.5 Å². The number of amides is 1. The van der Waals surface area contributed by atoms with Gasteiger partial charge in [0.2, 0.25) is 0 Å². The van der Waals surface area contributed by atoms with Crippen molar-refractivity contribution in [3.8, 4) is 0 Å². The first-order chi connectivity index (χ1) is 16.9. The maximum atomic E-state index is 13.4. The van der Waals surface area contributed by atoms with Crippen LogP contribution in [0.25, 0.3) is 0 Å². The second-order valence-corrected chi connectivity index (χ2v) is 10.5. The number of aromatic carboxylic acids is 1. The molecule has 0 radical (unpaired) electrons. The van der Waals surface area contributed by atoms with Crippen molar-refractivity contribution in [1.29, 1.82) is 0 Å². The summed E-state index contributed by atoms with van der Waals surface area (Å²) in [7, 11) is -3.87. The molecule has 0 aliphatic carbocycles.